The Labute approximate surface area is 174 Å². The fourth-order valence-electron chi connectivity index (χ4n) is 2.94. The summed E-state index contributed by atoms with van der Waals surface area (Å²) in [7, 11) is 2.61. The Hall–Kier alpha value is -3.09. The van der Waals surface area contributed by atoms with Gasteiger partial charge >= 0.3 is 0 Å². The lowest BCUT2D eigenvalue weighted by molar-refractivity contribution is 1.07. The maximum atomic E-state index is 5.89. The van der Waals surface area contributed by atoms with E-state index in [1.807, 2.05) is 61.6 Å². The van der Waals surface area contributed by atoms with Gasteiger partial charge in [0.2, 0.25) is 0 Å². The summed E-state index contributed by atoms with van der Waals surface area (Å²) in [4.78, 5) is 9.31. The molecule has 0 heterocycles. The van der Waals surface area contributed by atoms with Crippen molar-refractivity contribution >= 4 is 20.5 Å². The van der Waals surface area contributed by atoms with Crippen LogP contribution in [0.25, 0.3) is 11.1 Å². The smallest absolute Gasteiger partial charge is 0.159 e. The molecule has 2 aromatic carbocycles. The highest BCUT2D eigenvalue weighted by molar-refractivity contribution is 7.40. The molecule has 29 heavy (non-hydrogen) atoms. The summed E-state index contributed by atoms with van der Waals surface area (Å²) in [5.41, 5.74) is 15.7. The molecule has 0 bridgehead atoms. The van der Waals surface area contributed by atoms with Gasteiger partial charge in [-0.2, -0.15) is 0 Å². The normalized spacial score (nSPS) is 14.0. The van der Waals surface area contributed by atoms with Gasteiger partial charge in [0.15, 0.2) is 5.84 Å². The Morgan fingerprint density at radius 3 is 2.55 bits per heavy atom. The summed E-state index contributed by atoms with van der Waals surface area (Å²) in [5.74, 6) is 0.622. The van der Waals surface area contributed by atoms with E-state index in [1.165, 1.54) is 0 Å². The second-order valence-electron chi connectivity index (χ2n) is 6.56. The minimum atomic E-state index is 0.507. The Balaban J connectivity index is 1.96. The molecule has 144 valence electrons. The highest BCUT2D eigenvalue weighted by Crippen LogP contribution is 2.24. The average molecular weight is 397 g/mol. The van der Waals surface area contributed by atoms with E-state index in [9.17, 15) is 0 Å². The summed E-state index contributed by atoms with van der Waals surface area (Å²) >= 11 is 0. The lowest BCUT2D eigenvalue weighted by Crippen LogP contribution is -2.01. The highest BCUT2D eigenvalue weighted by atomic mass is 31.0. The van der Waals surface area contributed by atoms with Crippen molar-refractivity contribution in [2.24, 2.45) is 15.7 Å². The van der Waals surface area contributed by atoms with E-state index >= 15 is 0 Å². The molecule has 3 rings (SSSR count). The Morgan fingerprint density at radius 2 is 1.83 bits per heavy atom. The molecule has 3 nitrogen and oxygen atoms in total. The van der Waals surface area contributed by atoms with Crippen LogP contribution in [0.3, 0.4) is 0 Å². The predicted molar refractivity (Wildman–Crippen MR) is 128 cm³/mol. The minimum Gasteiger partial charge on any atom is -0.326 e. The second-order valence-corrected chi connectivity index (χ2v) is 7.39. The highest BCUT2D eigenvalue weighted by Gasteiger charge is 2.08. The first-order valence-electron chi connectivity index (χ1n) is 9.35. The van der Waals surface area contributed by atoms with Gasteiger partial charge in [-0.15, -0.1) is 5.73 Å². The number of nitrogens with zero attached hydrogens (tertiary/aromatic N) is 2. The Kier molecular flexibility index (Phi) is 7.05. The summed E-state index contributed by atoms with van der Waals surface area (Å²) in [6.07, 6.45) is 9.52. The zero-order valence-electron chi connectivity index (χ0n) is 16.5. The topological polar surface area (TPSA) is 50.7 Å². The number of hydrogen-bond donors (Lipinski definition) is 1. The molecule has 1 aliphatic rings. The monoisotopic (exact) mass is 397 g/mol. The van der Waals surface area contributed by atoms with Crippen LogP contribution in [-0.4, -0.2) is 11.3 Å². The van der Waals surface area contributed by atoms with E-state index in [-0.39, 0.29) is 0 Å². The summed E-state index contributed by atoms with van der Waals surface area (Å²) in [6.45, 7) is 6.55. The maximum absolute atomic E-state index is 5.89. The number of allylic oxidation sites excluding steroid dienone is 4. The van der Waals surface area contributed by atoms with Gasteiger partial charge in [0.05, 0.1) is 5.70 Å². The van der Waals surface area contributed by atoms with Gasteiger partial charge < -0.3 is 5.73 Å². The molecule has 0 radical (unpaired) electrons. The van der Waals surface area contributed by atoms with E-state index in [0.29, 0.717) is 18.1 Å². The van der Waals surface area contributed by atoms with Gasteiger partial charge in [0.1, 0.15) is 0 Å². The summed E-state index contributed by atoms with van der Waals surface area (Å²) < 4.78 is 0. The van der Waals surface area contributed by atoms with Crippen LogP contribution in [0.15, 0.2) is 112 Å². The zero-order chi connectivity index (χ0) is 20.6. The van der Waals surface area contributed by atoms with E-state index in [4.69, 9.17) is 10.7 Å². The number of amidine groups is 1. The van der Waals surface area contributed by atoms with Gasteiger partial charge in [-0.05, 0) is 41.8 Å². The number of hydrogen-bond acceptors (Lipinski definition) is 2. The van der Waals surface area contributed by atoms with Crippen molar-refractivity contribution in [3.05, 3.63) is 114 Å². The maximum Gasteiger partial charge on any atom is 0.159 e. The third-order valence-corrected chi connectivity index (χ3v) is 4.50. The largest absolute Gasteiger partial charge is 0.326 e. The molecule has 0 amide bonds. The van der Waals surface area contributed by atoms with E-state index in [0.717, 1.165) is 33.3 Å². The quantitative estimate of drug-likeness (QED) is 0.305. The molecule has 0 aliphatic heterocycles. The van der Waals surface area contributed by atoms with Crippen molar-refractivity contribution < 1.29 is 0 Å². The van der Waals surface area contributed by atoms with Crippen LogP contribution < -0.4 is 5.73 Å². The molecule has 0 saturated heterocycles. The molecule has 1 aliphatic carbocycles. The molecule has 1 atom stereocenters. The van der Waals surface area contributed by atoms with Crippen LogP contribution in [-0.2, 0) is 6.54 Å². The minimum absolute atomic E-state index is 0.507. The third-order valence-electron chi connectivity index (χ3n) is 4.38. The first-order chi connectivity index (χ1) is 14.1. The average Bonchev–Trinajstić information content (AvgIpc) is 3.03. The van der Waals surface area contributed by atoms with E-state index < -0.39 is 0 Å². The van der Waals surface area contributed by atoms with Crippen molar-refractivity contribution in [2.45, 2.75) is 13.5 Å². The lowest BCUT2D eigenvalue weighted by atomic mass is 9.98. The second kappa shape index (κ2) is 9.91. The van der Waals surface area contributed by atoms with Gasteiger partial charge in [-0.25, -0.2) is 9.98 Å². The van der Waals surface area contributed by atoms with Crippen LogP contribution in [0.5, 0.6) is 0 Å². The Morgan fingerprint density at radius 1 is 1.07 bits per heavy atom. The summed E-state index contributed by atoms with van der Waals surface area (Å²) in [6, 6.07) is 16.4. The van der Waals surface area contributed by atoms with Crippen LogP contribution in [0.1, 0.15) is 18.1 Å². The van der Waals surface area contributed by atoms with E-state index in [1.54, 1.807) is 0 Å². The zero-order valence-corrected chi connectivity index (χ0v) is 17.6. The fourth-order valence-corrected chi connectivity index (χ4v) is 3.06. The molecular weight excluding hydrogens is 373 g/mol. The number of benzene rings is 2. The number of aliphatic imine (C=N–C) groups is 2. The lowest BCUT2D eigenvalue weighted by Gasteiger charge is -2.10. The molecule has 4 heteroatoms. The van der Waals surface area contributed by atoms with Crippen LogP contribution in [0.4, 0.5) is 0 Å². The fraction of sp³-hybridized carbons (Fsp3) is 0.0800. The van der Waals surface area contributed by atoms with Gasteiger partial charge in [0.25, 0.3) is 0 Å². The molecule has 0 fully saturated rings. The van der Waals surface area contributed by atoms with Crippen LogP contribution in [0.2, 0.25) is 0 Å². The number of nitrogens with two attached hydrogens (primary N) is 1. The summed E-state index contributed by atoms with van der Waals surface area (Å²) in [5, 5.41) is 0. The van der Waals surface area contributed by atoms with E-state index in [2.05, 4.69) is 50.8 Å². The standard InChI is InChI=1S/C25H24N3P/c1-18(20-9-5-3-4-6-10-20)27-25(28-19(2)29)22-15-13-21(14-16-22)24-12-8-7-11-23(24)17-26/h3,5-16H,1,17,26,29H2,2H3. The SMILES string of the molecule is C=C(N=C(N=C(C)P)c1ccc(-c2ccccc2CN)cc1)C1=CC=C=CC=C1. The Bertz CT molecular complexity index is 1090. The van der Waals surface area contributed by atoms with Gasteiger partial charge in [0, 0.05) is 23.1 Å². The molecular formula is C25H24N3P. The first-order valence-corrected chi connectivity index (χ1v) is 9.93. The van der Waals surface area contributed by atoms with Crippen molar-refractivity contribution in [2.75, 3.05) is 0 Å². The molecule has 0 aromatic heterocycles. The van der Waals surface area contributed by atoms with Crippen LogP contribution >= 0.6 is 9.24 Å². The molecule has 0 saturated carbocycles. The molecule has 0 spiro atoms. The molecule has 2 aromatic rings. The van der Waals surface area contributed by atoms with Gasteiger partial charge in [-0.3, -0.25) is 0 Å². The first kappa shape index (κ1) is 20.6. The van der Waals surface area contributed by atoms with Crippen LogP contribution in [0, 0.1) is 0 Å². The van der Waals surface area contributed by atoms with Crippen molar-refractivity contribution in [3.8, 4) is 11.1 Å². The third kappa shape index (κ3) is 5.47. The molecule has 1 unspecified atom stereocenters. The van der Waals surface area contributed by atoms with Crippen molar-refractivity contribution in [1.82, 2.24) is 0 Å². The van der Waals surface area contributed by atoms with Crippen molar-refractivity contribution in [1.29, 1.82) is 0 Å². The number of rotatable bonds is 5. The van der Waals surface area contributed by atoms with Crippen molar-refractivity contribution in [3.63, 3.8) is 0 Å². The molecule has 2 N–H and O–H groups in total. The predicted octanol–water partition coefficient (Wildman–Crippen LogP) is 5.57. The van der Waals surface area contributed by atoms with Gasteiger partial charge in [-0.1, -0.05) is 76.5 Å².